The summed E-state index contributed by atoms with van der Waals surface area (Å²) in [6.07, 6.45) is 6.99. The van der Waals surface area contributed by atoms with Gasteiger partial charge in [0.15, 0.2) is 17.9 Å². The Hall–Kier alpha value is -1.98. The van der Waals surface area contributed by atoms with Gasteiger partial charge in [-0.1, -0.05) is 44.0 Å². The maximum atomic E-state index is 14.3. The van der Waals surface area contributed by atoms with Crippen molar-refractivity contribution in [1.82, 2.24) is 0 Å². The summed E-state index contributed by atoms with van der Waals surface area (Å²) in [5.74, 6) is -0.479. The molecule has 0 atom stereocenters. The molecule has 31 heavy (non-hydrogen) atoms. The molecule has 0 radical (unpaired) electrons. The Morgan fingerprint density at radius 3 is 2.03 bits per heavy atom. The van der Waals surface area contributed by atoms with Gasteiger partial charge in [0.25, 0.3) is 0 Å². The minimum atomic E-state index is -1.02. The second-order valence-electron chi connectivity index (χ2n) is 8.85. The van der Waals surface area contributed by atoms with E-state index in [4.69, 9.17) is 14.2 Å². The minimum Gasteiger partial charge on any atom is -0.494 e. The van der Waals surface area contributed by atoms with Gasteiger partial charge in [-0.15, -0.1) is 0 Å². The third kappa shape index (κ3) is 4.93. The largest absolute Gasteiger partial charge is 0.494 e. The molecule has 4 rings (SSSR count). The van der Waals surface area contributed by atoms with Gasteiger partial charge in [-0.05, 0) is 60.8 Å². The SMILES string of the molecule is CCCC1CCC(c2ccc(C3COC(c4ccc(OC)c(F)c4F)OC3)cc2)CC1. The van der Waals surface area contributed by atoms with E-state index in [1.165, 1.54) is 63.3 Å². The van der Waals surface area contributed by atoms with Crippen molar-refractivity contribution in [3.05, 3.63) is 64.7 Å². The van der Waals surface area contributed by atoms with E-state index in [2.05, 4.69) is 31.2 Å². The summed E-state index contributed by atoms with van der Waals surface area (Å²) in [6, 6.07) is 11.7. The van der Waals surface area contributed by atoms with E-state index in [1.54, 1.807) is 0 Å². The highest BCUT2D eigenvalue weighted by atomic mass is 19.2. The fourth-order valence-corrected chi connectivity index (χ4v) is 4.99. The number of halogens is 2. The number of hydrogen-bond acceptors (Lipinski definition) is 3. The van der Waals surface area contributed by atoms with E-state index in [0.29, 0.717) is 19.1 Å². The van der Waals surface area contributed by atoms with Gasteiger partial charge in [0.05, 0.1) is 20.3 Å². The summed E-state index contributed by atoms with van der Waals surface area (Å²) in [5.41, 5.74) is 2.64. The van der Waals surface area contributed by atoms with Crippen LogP contribution in [0.5, 0.6) is 5.75 Å². The minimum absolute atomic E-state index is 0.0609. The van der Waals surface area contributed by atoms with E-state index in [-0.39, 0.29) is 17.2 Å². The predicted octanol–water partition coefficient (Wildman–Crippen LogP) is 6.88. The molecule has 1 saturated carbocycles. The maximum absolute atomic E-state index is 14.3. The van der Waals surface area contributed by atoms with Gasteiger partial charge in [0.2, 0.25) is 5.82 Å². The third-order valence-corrected chi connectivity index (χ3v) is 6.87. The van der Waals surface area contributed by atoms with Gasteiger partial charge in [0.1, 0.15) is 0 Å². The summed E-state index contributed by atoms with van der Waals surface area (Å²) >= 11 is 0. The molecule has 2 aliphatic rings. The van der Waals surface area contributed by atoms with E-state index >= 15 is 0 Å². The molecule has 0 amide bonds. The number of methoxy groups -OCH3 is 1. The zero-order chi connectivity index (χ0) is 21.8. The predicted molar refractivity (Wildman–Crippen MR) is 116 cm³/mol. The number of hydrogen-bond donors (Lipinski definition) is 0. The Morgan fingerprint density at radius 1 is 0.839 bits per heavy atom. The topological polar surface area (TPSA) is 27.7 Å². The van der Waals surface area contributed by atoms with Crippen molar-refractivity contribution in [3.8, 4) is 5.75 Å². The van der Waals surface area contributed by atoms with Crippen LogP contribution in [0.4, 0.5) is 8.78 Å². The van der Waals surface area contributed by atoms with Gasteiger partial charge in [-0.25, -0.2) is 4.39 Å². The molecule has 0 aromatic heterocycles. The Balaban J connectivity index is 1.34. The van der Waals surface area contributed by atoms with Gasteiger partial charge < -0.3 is 14.2 Å². The summed E-state index contributed by atoms with van der Waals surface area (Å²) in [7, 11) is 1.30. The number of rotatable bonds is 6. The van der Waals surface area contributed by atoms with Crippen LogP contribution in [-0.2, 0) is 9.47 Å². The molecule has 2 aromatic rings. The normalized spacial score (nSPS) is 26.6. The monoisotopic (exact) mass is 430 g/mol. The molecule has 1 aliphatic carbocycles. The lowest BCUT2D eigenvalue weighted by Gasteiger charge is -2.31. The first-order valence-corrected chi connectivity index (χ1v) is 11.5. The summed E-state index contributed by atoms with van der Waals surface area (Å²) in [5, 5.41) is 0. The molecule has 0 unspecified atom stereocenters. The van der Waals surface area contributed by atoms with Crippen molar-refractivity contribution in [2.24, 2.45) is 5.92 Å². The van der Waals surface area contributed by atoms with E-state index < -0.39 is 17.9 Å². The molecule has 1 saturated heterocycles. The molecule has 1 aliphatic heterocycles. The highest BCUT2D eigenvalue weighted by Crippen LogP contribution is 2.38. The number of ether oxygens (including phenoxy) is 3. The summed E-state index contributed by atoms with van der Waals surface area (Å²) in [4.78, 5) is 0. The summed E-state index contributed by atoms with van der Waals surface area (Å²) in [6.45, 7) is 3.08. The Kier molecular flexibility index (Phi) is 7.24. The Labute approximate surface area is 183 Å². The van der Waals surface area contributed by atoms with Crippen molar-refractivity contribution in [2.75, 3.05) is 20.3 Å². The average molecular weight is 431 g/mol. The standard InChI is InChI=1S/C26H32F2O3/c1-3-4-17-5-7-18(8-6-17)19-9-11-20(12-10-19)21-15-30-26(31-16-21)22-13-14-23(29-2)25(28)24(22)27/h9-14,17-18,21,26H,3-8,15-16H2,1-2H3. The Morgan fingerprint density at radius 2 is 1.45 bits per heavy atom. The molecule has 5 heteroatoms. The van der Waals surface area contributed by atoms with Crippen molar-refractivity contribution in [2.45, 2.75) is 63.6 Å². The lowest BCUT2D eigenvalue weighted by molar-refractivity contribution is -0.193. The van der Waals surface area contributed by atoms with Crippen LogP contribution in [0, 0.1) is 17.6 Å². The molecule has 0 bridgehead atoms. The lowest BCUT2D eigenvalue weighted by atomic mass is 9.77. The first-order valence-electron chi connectivity index (χ1n) is 11.5. The maximum Gasteiger partial charge on any atom is 0.201 e. The van der Waals surface area contributed by atoms with Crippen LogP contribution < -0.4 is 4.74 Å². The van der Waals surface area contributed by atoms with Crippen LogP contribution in [0.25, 0.3) is 0 Å². The van der Waals surface area contributed by atoms with Crippen molar-refractivity contribution < 1.29 is 23.0 Å². The van der Waals surface area contributed by atoms with Gasteiger partial charge in [-0.3, -0.25) is 0 Å². The lowest BCUT2D eigenvalue weighted by Crippen LogP contribution is -2.26. The molecular weight excluding hydrogens is 398 g/mol. The molecule has 0 N–H and O–H groups in total. The summed E-state index contributed by atoms with van der Waals surface area (Å²) < 4.78 is 44.6. The fraction of sp³-hybridized carbons (Fsp3) is 0.538. The van der Waals surface area contributed by atoms with Gasteiger partial charge in [0, 0.05) is 11.5 Å². The molecule has 1 heterocycles. The first-order chi connectivity index (χ1) is 15.1. The van der Waals surface area contributed by atoms with Crippen LogP contribution in [-0.4, -0.2) is 20.3 Å². The van der Waals surface area contributed by atoms with Crippen LogP contribution >= 0.6 is 0 Å². The second kappa shape index (κ2) is 10.1. The average Bonchev–Trinajstić information content (AvgIpc) is 2.82. The molecule has 2 aromatic carbocycles. The van der Waals surface area contributed by atoms with Gasteiger partial charge >= 0.3 is 0 Å². The van der Waals surface area contributed by atoms with Crippen molar-refractivity contribution in [3.63, 3.8) is 0 Å². The smallest absolute Gasteiger partial charge is 0.201 e. The highest BCUT2D eigenvalue weighted by molar-refractivity contribution is 5.32. The van der Waals surface area contributed by atoms with E-state index in [0.717, 1.165) is 11.5 Å². The quantitative estimate of drug-likeness (QED) is 0.500. The zero-order valence-electron chi connectivity index (χ0n) is 18.4. The van der Waals surface area contributed by atoms with Crippen LogP contribution in [0.3, 0.4) is 0 Å². The van der Waals surface area contributed by atoms with E-state index in [1.807, 2.05) is 0 Å². The van der Waals surface area contributed by atoms with Crippen molar-refractivity contribution in [1.29, 1.82) is 0 Å². The molecule has 2 fully saturated rings. The van der Waals surface area contributed by atoms with Crippen LogP contribution in [0.15, 0.2) is 36.4 Å². The van der Waals surface area contributed by atoms with Crippen LogP contribution in [0.1, 0.15) is 80.3 Å². The van der Waals surface area contributed by atoms with E-state index in [9.17, 15) is 8.78 Å². The molecule has 168 valence electrons. The molecular formula is C26H32F2O3. The first kappa shape index (κ1) is 22.2. The number of benzene rings is 2. The van der Waals surface area contributed by atoms with Crippen molar-refractivity contribution >= 4 is 0 Å². The van der Waals surface area contributed by atoms with Crippen LogP contribution in [0.2, 0.25) is 0 Å². The third-order valence-electron chi connectivity index (χ3n) is 6.87. The highest BCUT2D eigenvalue weighted by Gasteiger charge is 2.29. The zero-order valence-corrected chi connectivity index (χ0v) is 18.4. The Bertz CT molecular complexity index is 852. The van der Waals surface area contributed by atoms with Gasteiger partial charge in [-0.2, -0.15) is 4.39 Å². The fourth-order valence-electron chi connectivity index (χ4n) is 4.99. The molecule has 0 spiro atoms. The molecule has 3 nitrogen and oxygen atoms in total. The second-order valence-corrected chi connectivity index (χ2v) is 8.85.